The van der Waals surface area contributed by atoms with Crippen LogP contribution in [0, 0.1) is 0 Å². The van der Waals surface area contributed by atoms with E-state index in [-0.39, 0.29) is 0 Å². The molecule has 0 N–H and O–H groups in total. The van der Waals surface area contributed by atoms with Crippen LogP contribution in [0.15, 0.2) is 30.3 Å². The molecule has 1 aromatic carbocycles. The Morgan fingerprint density at radius 3 is 0.800 bits per heavy atom. The summed E-state index contributed by atoms with van der Waals surface area (Å²) in [6.45, 7) is 0. The molecule has 0 aliphatic heterocycles. The highest BCUT2D eigenvalue weighted by Crippen LogP contribution is 2.60. The van der Waals surface area contributed by atoms with Crippen molar-refractivity contribution in [3.8, 4) is 0 Å². The Balaban J connectivity index is 0.000000696. The highest BCUT2D eigenvalue weighted by molar-refractivity contribution is 5.17. The van der Waals surface area contributed by atoms with E-state index in [9.17, 15) is 74.6 Å². The van der Waals surface area contributed by atoms with E-state index >= 15 is 0 Å². The monoisotopic (exact) mass is 484 g/mol. The zero-order valence-electron chi connectivity index (χ0n) is 13.3. The van der Waals surface area contributed by atoms with E-state index in [1.54, 1.807) is 6.07 Å². The van der Waals surface area contributed by atoms with Crippen molar-refractivity contribution in [2.45, 2.75) is 42.2 Å². The van der Waals surface area contributed by atoms with Gasteiger partial charge in [0.1, 0.15) is 0 Å². The van der Waals surface area contributed by atoms with Crippen LogP contribution in [-0.4, -0.2) is 36.0 Å². The fourth-order valence-corrected chi connectivity index (χ4v) is 1.38. The highest BCUT2D eigenvalue weighted by atomic mass is 19.4. The summed E-state index contributed by atoms with van der Waals surface area (Å²) in [7, 11) is 0. The van der Waals surface area contributed by atoms with E-state index < -0.39 is 47.8 Å². The van der Waals surface area contributed by atoms with Crippen molar-refractivity contribution in [3.63, 3.8) is 0 Å². The van der Waals surface area contributed by atoms with Gasteiger partial charge in [0.2, 0.25) is 0 Å². The van der Waals surface area contributed by atoms with Gasteiger partial charge < -0.3 is 0 Å². The van der Waals surface area contributed by atoms with Crippen molar-refractivity contribution < 1.29 is 74.6 Å². The van der Waals surface area contributed by atoms with E-state index in [4.69, 9.17) is 0 Å². The Bertz CT molecular complexity index is 640. The molecular weight excluding hydrogens is 479 g/mol. The van der Waals surface area contributed by atoms with Crippen molar-refractivity contribution in [1.29, 1.82) is 0 Å². The molecule has 0 fully saturated rings. The molecule has 176 valence electrons. The summed E-state index contributed by atoms with van der Waals surface area (Å²) in [4.78, 5) is 0. The maximum atomic E-state index is 12.3. The SMILES string of the molecule is FC(F)(F)C(F)(F)C(F)(F)C(F)(F)C(F)(F)C(F)(F)F.FC(F)(F)c1ccccc1. The number of alkyl halides is 17. The lowest BCUT2D eigenvalue weighted by Crippen LogP contribution is -2.69. The van der Waals surface area contributed by atoms with E-state index in [0.717, 1.165) is 12.1 Å². The molecule has 0 saturated carbocycles. The van der Waals surface area contributed by atoms with E-state index in [1.807, 2.05) is 0 Å². The summed E-state index contributed by atoms with van der Waals surface area (Å²) in [5.74, 6) is -31.7. The van der Waals surface area contributed by atoms with Crippen LogP contribution in [-0.2, 0) is 6.18 Å². The summed E-state index contributed by atoms with van der Waals surface area (Å²) in [6, 6.07) is 6.36. The maximum Gasteiger partial charge on any atom is 0.460 e. The molecule has 1 aromatic rings. The lowest BCUT2D eigenvalue weighted by molar-refractivity contribution is -0.451. The number of hydrogen-bond donors (Lipinski definition) is 0. The largest absolute Gasteiger partial charge is 0.460 e. The molecule has 0 nitrogen and oxygen atoms in total. The van der Waals surface area contributed by atoms with Gasteiger partial charge in [-0.25, -0.2) is 0 Å². The van der Waals surface area contributed by atoms with E-state index in [2.05, 4.69) is 0 Å². The minimum Gasteiger partial charge on any atom is -0.192 e. The van der Waals surface area contributed by atoms with Crippen molar-refractivity contribution in [1.82, 2.24) is 0 Å². The Morgan fingerprint density at radius 2 is 0.633 bits per heavy atom. The van der Waals surface area contributed by atoms with E-state index in [1.165, 1.54) is 12.1 Å². The molecule has 0 aromatic heterocycles. The minimum atomic E-state index is -8.04. The highest BCUT2D eigenvalue weighted by Gasteiger charge is 2.91. The number of benzene rings is 1. The van der Waals surface area contributed by atoms with Gasteiger partial charge in [-0.2, -0.15) is 74.6 Å². The Labute approximate surface area is 154 Å². The normalized spacial score (nSPS) is 14.8. The number of rotatable bonds is 3. The van der Waals surface area contributed by atoms with Crippen LogP contribution < -0.4 is 0 Å². The first-order valence-corrected chi connectivity index (χ1v) is 6.62. The first-order chi connectivity index (χ1) is 12.9. The smallest absolute Gasteiger partial charge is 0.192 e. The van der Waals surface area contributed by atoms with Gasteiger partial charge in [-0.15, -0.1) is 0 Å². The van der Waals surface area contributed by atoms with Crippen LogP contribution in [0.25, 0.3) is 0 Å². The van der Waals surface area contributed by atoms with Crippen LogP contribution in [0.3, 0.4) is 0 Å². The topological polar surface area (TPSA) is 0 Å². The predicted octanol–water partition coefficient (Wildman–Crippen LogP) is 7.36. The molecule has 0 atom stereocenters. The van der Waals surface area contributed by atoms with Crippen molar-refractivity contribution in [2.75, 3.05) is 0 Å². The van der Waals surface area contributed by atoms with E-state index in [0.29, 0.717) is 0 Å². The summed E-state index contributed by atoms with van der Waals surface area (Å²) < 4.78 is 202. The maximum absolute atomic E-state index is 12.3. The molecule has 0 amide bonds. The quantitative estimate of drug-likeness (QED) is 0.394. The molecule has 0 radical (unpaired) electrons. The van der Waals surface area contributed by atoms with Crippen molar-refractivity contribution in [2.24, 2.45) is 0 Å². The molecule has 17 heteroatoms. The average molecular weight is 484 g/mol. The predicted molar refractivity (Wildman–Crippen MR) is 63.3 cm³/mol. The second-order valence-corrected chi connectivity index (χ2v) is 5.16. The molecular formula is C13H5F17. The minimum absolute atomic E-state index is 0.602. The molecule has 1 rings (SSSR count). The van der Waals surface area contributed by atoms with Crippen LogP contribution in [0.5, 0.6) is 0 Å². The average Bonchev–Trinajstić information content (AvgIpc) is 2.52. The van der Waals surface area contributed by atoms with Gasteiger partial charge >= 0.3 is 42.2 Å². The molecule has 0 saturated heterocycles. The third-order valence-corrected chi connectivity index (χ3v) is 3.00. The zero-order chi connectivity index (χ0) is 24.6. The zero-order valence-corrected chi connectivity index (χ0v) is 13.3. The molecule has 30 heavy (non-hydrogen) atoms. The molecule has 0 bridgehead atoms. The third-order valence-electron chi connectivity index (χ3n) is 3.00. The van der Waals surface area contributed by atoms with Gasteiger partial charge in [0.25, 0.3) is 0 Å². The third kappa shape index (κ3) is 5.01. The molecule has 0 heterocycles. The number of halogens is 17. The van der Waals surface area contributed by atoms with Crippen molar-refractivity contribution in [3.05, 3.63) is 35.9 Å². The first-order valence-electron chi connectivity index (χ1n) is 6.62. The molecule has 0 aliphatic rings. The van der Waals surface area contributed by atoms with Crippen LogP contribution in [0.1, 0.15) is 5.56 Å². The van der Waals surface area contributed by atoms with Gasteiger partial charge in [-0.3, -0.25) is 0 Å². The van der Waals surface area contributed by atoms with Gasteiger partial charge in [0, 0.05) is 0 Å². The Morgan fingerprint density at radius 1 is 0.367 bits per heavy atom. The second-order valence-electron chi connectivity index (χ2n) is 5.16. The van der Waals surface area contributed by atoms with Crippen LogP contribution in [0.2, 0.25) is 0 Å². The standard InChI is InChI=1S/C7H5F3.C6F14/c8-7(9,10)6-4-2-1-3-5-6;7-1(8,3(11,12)5(15,16)17)2(9,10)4(13,14)6(18,19)20/h1-5H;. The lowest BCUT2D eigenvalue weighted by Gasteiger charge is -2.37. The fraction of sp³-hybridized carbons (Fsp3) is 0.538. The second kappa shape index (κ2) is 7.94. The van der Waals surface area contributed by atoms with Gasteiger partial charge in [-0.1, -0.05) is 30.3 Å². The summed E-state index contributed by atoms with van der Waals surface area (Å²) in [5, 5.41) is 0. The lowest BCUT2D eigenvalue weighted by atomic mass is 9.98. The van der Waals surface area contributed by atoms with Crippen LogP contribution >= 0.6 is 0 Å². The molecule has 0 spiro atoms. The molecule has 0 aliphatic carbocycles. The first kappa shape index (κ1) is 28.0. The Kier molecular flexibility index (Phi) is 7.42. The Hall–Kier alpha value is -1.97. The summed E-state index contributed by atoms with van der Waals surface area (Å²) >= 11 is 0. The summed E-state index contributed by atoms with van der Waals surface area (Å²) in [5.41, 5.74) is -0.602. The van der Waals surface area contributed by atoms with Gasteiger partial charge in [-0.05, 0) is 0 Å². The number of hydrogen-bond acceptors (Lipinski definition) is 0. The summed E-state index contributed by atoms with van der Waals surface area (Å²) in [6.07, 6.45) is -19.2. The van der Waals surface area contributed by atoms with Gasteiger partial charge in [0.15, 0.2) is 0 Å². The molecule has 0 unspecified atom stereocenters. The van der Waals surface area contributed by atoms with Crippen molar-refractivity contribution >= 4 is 0 Å². The van der Waals surface area contributed by atoms with Gasteiger partial charge in [0.05, 0.1) is 5.56 Å². The van der Waals surface area contributed by atoms with Crippen LogP contribution in [0.4, 0.5) is 74.6 Å². The fourth-order valence-electron chi connectivity index (χ4n) is 1.38.